The lowest BCUT2D eigenvalue weighted by atomic mass is 10.1. The Morgan fingerprint density at radius 3 is 2.50 bits per heavy atom. The summed E-state index contributed by atoms with van der Waals surface area (Å²) in [5.41, 5.74) is 2.42. The first-order valence-corrected chi connectivity index (χ1v) is 2.74. The van der Waals surface area contributed by atoms with Crippen molar-refractivity contribution >= 4 is 11.7 Å². The van der Waals surface area contributed by atoms with Gasteiger partial charge in [0, 0.05) is 0 Å². The van der Waals surface area contributed by atoms with Gasteiger partial charge < -0.3 is 0 Å². The van der Waals surface area contributed by atoms with Gasteiger partial charge in [-0.25, -0.2) is 4.79 Å². The molecule has 0 saturated heterocycles. The minimum atomic E-state index is -0.203. The minimum absolute atomic E-state index is 0.203. The summed E-state index contributed by atoms with van der Waals surface area (Å²) in [7, 11) is 0. The fourth-order valence-electron chi connectivity index (χ4n) is 0.625. The molecule has 2 nitrogen and oxygen atoms in total. The first-order valence-electron chi connectivity index (χ1n) is 2.74. The van der Waals surface area contributed by atoms with Gasteiger partial charge in [0.15, 0.2) is 11.7 Å². The number of hydrogen-bond donors (Lipinski definition) is 0. The van der Waals surface area contributed by atoms with Crippen molar-refractivity contribution in [3.8, 4) is 0 Å². The van der Waals surface area contributed by atoms with Crippen LogP contribution in [0.25, 0.3) is 0 Å². The molecule has 10 heavy (non-hydrogen) atoms. The summed E-state index contributed by atoms with van der Waals surface area (Å²) in [4.78, 5) is 20.5. The van der Waals surface area contributed by atoms with Gasteiger partial charge in [-0.05, 0) is 17.9 Å². The molecule has 48 valence electrons. The lowest BCUT2D eigenvalue weighted by molar-refractivity contribution is -0.111. The largest absolute Gasteiger partial charge is 0.289 e. The van der Waals surface area contributed by atoms with E-state index in [1.165, 1.54) is 18.1 Å². The predicted molar refractivity (Wildman–Crippen MR) is 36.0 cm³/mol. The fraction of sp³-hybridized carbons (Fsp3) is 0. The van der Waals surface area contributed by atoms with Gasteiger partial charge in [0.25, 0.3) is 0 Å². The summed E-state index contributed by atoms with van der Waals surface area (Å²) in [6.45, 7) is 0. The quantitative estimate of drug-likeness (QED) is 0.274. The molecular formula is C8H4O2. The number of ketones is 1. The molecule has 2 heteroatoms. The molecule has 0 amide bonds. The van der Waals surface area contributed by atoms with Gasteiger partial charge in [-0.3, -0.25) is 4.79 Å². The van der Waals surface area contributed by atoms with Crippen LogP contribution in [0.15, 0.2) is 35.6 Å². The molecular weight excluding hydrogens is 128 g/mol. The van der Waals surface area contributed by atoms with Gasteiger partial charge in [0.1, 0.15) is 0 Å². The Morgan fingerprint density at radius 2 is 1.90 bits per heavy atom. The van der Waals surface area contributed by atoms with Gasteiger partial charge in [-0.15, -0.1) is 0 Å². The monoisotopic (exact) mass is 132 g/mol. The van der Waals surface area contributed by atoms with E-state index in [9.17, 15) is 9.59 Å². The molecule has 0 fully saturated rings. The second-order valence-electron chi connectivity index (χ2n) is 1.72. The second-order valence-corrected chi connectivity index (χ2v) is 1.72. The summed E-state index contributed by atoms with van der Waals surface area (Å²) in [5, 5.41) is 0. The minimum Gasteiger partial charge on any atom is -0.289 e. The maximum Gasteiger partial charge on any atom is 0.194 e. The van der Waals surface area contributed by atoms with Crippen molar-refractivity contribution in [2.24, 2.45) is 0 Å². The average molecular weight is 132 g/mol. The van der Waals surface area contributed by atoms with E-state index in [0.29, 0.717) is 0 Å². The van der Waals surface area contributed by atoms with Gasteiger partial charge >= 0.3 is 0 Å². The van der Waals surface area contributed by atoms with E-state index in [4.69, 9.17) is 0 Å². The van der Waals surface area contributed by atoms with Crippen LogP contribution in [0.3, 0.4) is 0 Å². The third kappa shape index (κ3) is 1.20. The van der Waals surface area contributed by atoms with Gasteiger partial charge in [0.2, 0.25) is 0 Å². The van der Waals surface area contributed by atoms with E-state index >= 15 is 0 Å². The number of allylic oxidation sites excluding steroid dienone is 5. The Bertz CT molecular complexity index is 295. The highest BCUT2D eigenvalue weighted by Crippen LogP contribution is 2.02. The predicted octanol–water partition coefficient (Wildman–Crippen LogP) is 0.595. The molecule has 1 aliphatic rings. The lowest BCUT2D eigenvalue weighted by Gasteiger charge is -1.93. The van der Waals surface area contributed by atoms with Crippen molar-refractivity contribution in [3.05, 3.63) is 35.6 Å². The summed E-state index contributed by atoms with van der Waals surface area (Å²) >= 11 is 0. The molecule has 1 rings (SSSR count). The van der Waals surface area contributed by atoms with Crippen molar-refractivity contribution in [2.75, 3.05) is 0 Å². The van der Waals surface area contributed by atoms with Crippen molar-refractivity contribution in [2.45, 2.75) is 0 Å². The molecule has 0 aromatic rings. The molecule has 0 bridgehead atoms. The van der Waals surface area contributed by atoms with Gasteiger partial charge in [-0.2, -0.15) is 0 Å². The Hall–Kier alpha value is -1.62. The first-order chi connectivity index (χ1) is 4.84. The number of carbonyl (C=O) groups excluding carboxylic acids is 2. The zero-order valence-electron chi connectivity index (χ0n) is 5.13. The number of rotatable bonds is 0. The van der Waals surface area contributed by atoms with E-state index in [0.717, 1.165) is 0 Å². The third-order valence-electron chi connectivity index (χ3n) is 1.07. The number of hydrogen-bond acceptors (Lipinski definition) is 2. The normalized spacial score (nSPS) is 14.8. The van der Waals surface area contributed by atoms with Crippen LogP contribution in [0.2, 0.25) is 0 Å². The van der Waals surface area contributed by atoms with Gasteiger partial charge in [-0.1, -0.05) is 12.2 Å². The highest BCUT2D eigenvalue weighted by atomic mass is 16.1. The standard InChI is InChI=1S/C8H4O2/c9-6-5-7-3-1-2-4-8(7)10/h1-4H. The van der Waals surface area contributed by atoms with E-state index in [-0.39, 0.29) is 11.4 Å². The van der Waals surface area contributed by atoms with Crippen LogP contribution in [0.5, 0.6) is 0 Å². The Balaban J connectivity index is 3.14. The molecule has 0 unspecified atom stereocenters. The van der Waals surface area contributed by atoms with Crippen LogP contribution >= 0.6 is 0 Å². The molecule has 1 aliphatic carbocycles. The SMILES string of the molecule is O=C=C=C1C=CC=CC1=O. The lowest BCUT2D eigenvalue weighted by Crippen LogP contribution is -1.96. The number of carbonyl (C=O) groups is 1. The van der Waals surface area contributed by atoms with Crippen molar-refractivity contribution in [1.29, 1.82) is 0 Å². The smallest absolute Gasteiger partial charge is 0.194 e. The molecule has 0 saturated carbocycles. The van der Waals surface area contributed by atoms with Crippen LogP contribution in [0.4, 0.5) is 0 Å². The molecule has 0 spiro atoms. The highest BCUT2D eigenvalue weighted by molar-refractivity contribution is 6.07. The van der Waals surface area contributed by atoms with Crippen molar-refractivity contribution in [3.63, 3.8) is 0 Å². The van der Waals surface area contributed by atoms with E-state index in [2.05, 4.69) is 5.73 Å². The Labute approximate surface area is 57.9 Å². The van der Waals surface area contributed by atoms with Crippen molar-refractivity contribution < 1.29 is 9.59 Å². The summed E-state index contributed by atoms with van der Waals surface area (Å²) in [6.07, 6.45) is 6.17. The van der Waals surface area contributed by atoms with E-state index in [1.54, 1.807) is 12.2 Å². The van der Waals surface area contributed by atoms with Crippen LogP contribution in [-0.4, -0.2) is 11.7 Å². The summed E-state index contributed by atoms with van der Waals surface area (Å²) < 4.78 is 0. The maximum absolute atomic E-state index is 10.8. The van der Waals surface area contributed by atoms with Crippen LogP contribution < -0.4 is 0 Å². The molecule has 0 aromatic heterocycles. The van der Waals surface area contributed by atoms with Gasteiger partial charge in [0.05, 0.1) is 5.57 Å². The Morgan fingerprint density at radius 1 is 1.20 bits per heavy atom. The molecule has 0 atom stereocenters. The molecule has 0 N–H and O–H groups in total. The zero-order chi connectivity index (χ0) is 7.40. The highest BCUT2D eigenvalue weighted by Gasteiger charge is 2.02. The maximum atomic E-state index is 10.8. The zero-order valence-corrected chi connectivity index (χ0v) is 5.13. The average Bonchev–Trinajstić information content (AvgIpc) is 1.94. The summed E-state index contributed by atoms with van der Waals surface area (Å²) in [6, 6.07) is 0. The molecule has 0 aliphatic heterocycles. The van der Waals surface area contributed by atoms with E-state index in [1.807, 2.05) is 0 Å². The topological polar surface area (TPSA) is 34.1 Å². The first kappa shape index (κ1) is 6.50. The van der Waals surface area contributed by atoms with Crippen LogP contribution in [0.1, 0.15) is 0 Å². The van der Waals surface area contributed by atoms with Crippen LogP contribution in [-0.2, 0) is 9.59 Å². The van der Waals surface area contributed by atoms with E-state index < -0.39 is 0 Å². The van der Waals surface area contributed by atoms with Crippen LogP contribution in [0, 0.1) is 0 Å². The van der Waals surface area contributed by atoms with Crippen molar-refractivity contribution in [1.82, 2.24) is 0 Å². The third-order valence-corrected chi connectivity index (χ3v) is 1.07. The fourth-order valence-corrected chi connectivity index (χ4v) is 0.625. The summed E-state index contributed by atoms with van der Waals surface area (Å²) in [5.74, 6) is 1.22. The molecule has 0 radical (unpaired) electrons. The second kappa shape index (κ2) is 2.79. The molecule has 0 heterocycles. The Kier molecular flexibility index (Phi) is 1.81. The molecule has 0 aromatic carbocycles.